The van der Waals surface area contributed by atoms with E-state index in [1.807, 2.05) is 17.8 Å². The monoisotopic (exact) mass is 365 g/mol. The van der Waals surface area contributed by atoms with Crippen LogP contribution in [0, 0.1) is 28.6 Å². The summed E-state index contributed by atoms with van der Waals surface area (Å²) in [6, 6.07) is 10.9. The number of benzene rings is 1. The Balaban J connectivity index is 2.15. The van der Waals surface area contributed by atoms with Crippen molar-refractivity contribution in [2.75, 3.05) is 0 Å². The largest absolute Gasteiger partial charge is 0.198 e. The molecule has 114 valence electrons. The first-order chi connectivity index (χ1) is 9.97. The van der Waals surface area contributed by atoms with Crippen molar-refractivity contribution < 1.29 is 0 Å². The molecule has 3 atom stereocenters. The van der Waals surface area contributed by atoms with Gasteiger partial charge >= 0.3 is 0 Å². The van der Waals surface area contributed by atoms with Crippen LogP contribution in [0.1, 0.15) is 46.5 Å². The molecule has 1 aromatic rings. The summed E-state index contributed by atoms with van der Waals surface area (Å²) in [6.07, 6.45) is 4.62. The van der Waals surface area contributed by atoms with Gasteiger partial charge in [-0.15, -0.1) is 11.8 Å². The lowest BCUT2D eigenvalue weighted by Gasteiger charge is -2.41. The van der Waals surface area contributed by atoms with E-state index in [2.05, 4.69) is 61.0 Å². The molecule has 1 aliphatic rings. The molecular weight excluding hydrogens is 342 g/mol. The van der Waals surface area contributed by atoms with Crippen molar-refractivity contribution in [1.82, 2.24) is 0 Å². The quantitative estimate of drug-likeness (QED) is 0.626. The summed E-state index contributed by atoms with van der Waals surface area (Å²) in [5, 5.41) is 9.90. The van der Waals surface area contributed by atoms with E-state index in [1.54, 1.807) is 0 Å². The lowest BCUT2D eigenvalue weighted by atomic mass is 9.67. The number of thioether (sulfide) groups is 1. The molecule has 0 heterocycles. The van der Waals surface area contributed by atoms with E-state index in [-0.39, 0.29) is 5.92 Å². The fraction of sp³-hybridized carbons (Fsp3) is 0.611. The van der Waals surface area contributed by atoms with Crippen molar-refractivity contribution in [3.05, 3.63) is 28.7 Å². The zero-order valence-corrected chi connectivity index (χ0v) is 15.5. The SMILES string of the molecule is CCC(C)(C)C1CCC(C#N)C(Sc2ccccc2Br)C1. The molecule has 0 aliphatic heterocycles. The minimum absolute atomic E-state index is 0.186. The lowest BCUT2D eigenvalue weighted by Crippen LogP contribution is -2.34. The summed E-state index contributed by atoms with van der Waals surface area (Å²) in [7, 11) is 0. The van der Waals surface area contributed by atoms with Crippen LogP contribution in [0.15, 0.2) is 33.6 Å². The summed E-state index contributed by atoms with van der Waals surface area (Å²) < 4.78 is 1.14. The third kappa shape index (κ3) is 4.05. The van der Waals surface area contributed by atoms with Gasteiger partial charge < -0.3 is 0 Å². The average Bonchev–Trinajstić information content (AvgIpc) is 2.49. The molecule has 0 radical (unpaired) electrons. The summed E-state index contributed by atoms with van der Waals surface area (Å²) in [5.41, 5.74) is 0.382. The Labute approximate surface area is 141 Å². The molecule has 2 rings (SSSR count). The second-order valence-corrected chi connectivity index (χ2v) is 8.81. The smallest absolute Gasteiger partial charge is 0.0667 e. The molecular formula is C18H24BrNS. The number of hydrogen-bond donors (Lipinski definition) is 0. The molecule has 0 N–H and O–H groups in total. The van der Waals surface area contributed by atoms with Crippen molar-refractivity contribution >= 4 is 27.7 Å². The second-order valence-electron chi connectivity index (χ2n) is 6.67. The van der Waals surface area contributed by atoms with Gasteiger partial charge in [0.15, 0.2) is 0 Å². The Morgan fingerprint density at radius 2 is 2.05 bits per heavy atom. The van der Waals surface area contributed by atoms with E-state index in [4.69, 9.17) is 0 Å². The van der Waals surface area contributed by atoms with E-state index in [0.29, 0.717) is 10.7 Å². The number of hydrogen-bond acceptors (Lipinski definition) is 2. The molecule has 1 aliphatic carbocycles. The normalized spacial score (nSPS) is 26.3. The first-order valence-corrected chi connectivity index (χ1v) is 9.46. The van der Waals surface area contributed by atoms with Gasteiger partial charge in [0.2, 0.25) is 0 Å². The predicted octanol–water partition coefficient (Wildman–Crippen LogP) is 6.29. The maximum atomic E-state index is 9.48. The predicted molar refractivity (Wildman–Crippen MR) is 94.3 cm³/mol. The topological polar surface area (TPSA) is 23.8 Å². The fourth-order valence-electron chi connectivity index (χ4n) is 3.11. The summed E-state index contributed by atoms with van der Waals surface area (Å²) in [6.45, 7) is 7.04. The van der Waals surface area contributed by atoms with Gasteiger partial charge in [-0.25, -0.2) is 0 Å². The van der Waals surface area contributed by atoms with Crippen LogP contribution in [0.5, 0.6) is 0 Å². The molecule has 0 saturated heterocycles. The van der Waals surface area contributed by atoms with Crippen molar-refractivity contribution in [3.63, 3.8) is 0 Å². The maximum Gasteiger partial charge on any atom is 0.0667 e. The van der Waals surface area contributed by atoms with Gasteiger partial charge in [-0.3, -0.25) is 0 Å². The Kier molecular flexibility index (Phi) is 5.80. The molecule has 1 aromatic carbocycles. The molecule has 0 aromatic heterocycles. The summed E-state index contributed by atoms with van der Waals surface area (Å²) in [4.78, 5) is 1.26. The molecule has 1 fully saturated rings. The summed E-state index contributed by atoms with van der Waals surface area (Å²) >= 11 is 5.51. The zero-order valence-electron chi connectivity index (χ0n) is 13.1. The van der Waals surface area contributed by atoms with E-state index in [9.17, 15) is 5.26 Å². The van der Waals surface area contributed by atoms with E-state index >= 15 is 0 Å². The van der Waals surface area contributed by atoms with Crippen molar-refractivity contribution in [3.8, 4) is 6.07 Å². The van der Waals surface area contributed by atoms with Gasteiger partial charge in [-0.1, -0.05) is 39.3 Å². The van der Waals surface area contributed by atoms with Crippen LogP contribution < -0.4 is 0 Å². The molecule has 0 amide bonds. The first-order valence-electron chi connectivity index (χ1n) is 7.78. The number of nitrogens with zero attached hydrogens (tertiary/aromatic N) is 1. The zero-order chi connectivity index (χ0) is 15.5. The molecule has 3 heteroatoms. The van der Waals surface area contributed by atoms with Gasteiger partial charge in [0.25, 0.3) is 0 Å². The van der Waals surface area contributed by atoms with Crippen LogP contribution in [0.2, 0.25) is 0 Å². The standard InChI is InChI=1S/C18H24BrNS/c1-4-18(2,3)14-10-9-13(12-20)17(11-14)21-16-8-6-5-7-15(16)19/h5-8,13-14,17H,4,9-11H2,1-3H3. The van der Waals surface area contributed by atoms with Gasteiger partial charge in [-0.05, 0) is 58.7 Å². The number of rotatable bonds is 4. The minimum atomic E-state index is 0.186. The van der Waals surface area contributed by atoms with Crippen LogP contribution in [-0.2, 0) is 0 Å². The van der Waals surface area contributed by atoms with E-state index < -0.39 is 0 Å². The highest BCUT2D eigenvalue weighted by Gasteiger charge is 2.37. The third-order valence-corrected chi connectivity index (χ3v) is 7.48. The van der Waals surface area contributed by atoms with Gasteiger partial charge in [0.05, 0.1) is 12.0 Å². The Morgan fingerprint density at radius 1 is 1.33 bits per heavy atom. The summed E-state index contributed by atoms with van der Waals surface area (Å²) in [5.74, 6) is 0.915. The third-order valence-electron chi connectivity index (χ3n) is 5.09. The maximum absolute atomic E-state index is 9.48. The van der Waals surface area contributed by atoms with Crippen molar-refractivity contribution in [2.45, 2.75) is 56.6 Å². The highest BCUT2D eigenvalue weighted by atomic mass is 79.9. The van der Waals surface area contributed by atoms with Crippen LogP contribution in [0.3, 0.4) is 0 Å². The molecule has 1 saturated carbocycles. The molecule has 21 heavy (non-hydrogen) atoms. The second kappa shape index (κ2) is 7.20. The van der Waals surface area contributed by atoms with E-state index in [1.165, 1.54) is 17.7 Å². The number of halogens is 1. The van der Waals surface area contributed by atoms with Crippen molar-refractivity contribution in [1.29, 1.82) is 5.26 Å². The molecule has 1 nitrogen and oxygen atoms in total. The van der Waals surface area contributed by atoms with Crippen LogP contribution in [0.4, 0.5) is 0 Å². The first kappa shape index (κ1) is 16.9. The average molecular weight is 366 g/mol. The van der Waals surface area contributed by atoms with Gasteiger partial charge in [-0.2, -0.15) is 5.26 Å². The van der Waals surface area contributed by atoms with Crippen LogP contribution in [0.25, 0.3) is 0 Å². The van der Waals surface area contributed by atoms with E-state index in [0.717, 1.165) is 23.2 Å². The minimum Gasteiger partial charge on any atom is -0.198 e. The molecule has 0 spiro atoms. The Hall–Kier alpha value is -0.460. The lowest BCUT2D eigenvalue weighted by molar-refractivity contribution is 0.144. The van der Waals surface area contributed by atoms with Crippen LogP contribution in [-0.4, -0.2) is 5.25 Å². The number of nitriles is 1. The Morgan fingerprint density at radius 3 is 2.67 bits per heavy atom. The Bertz CT molecular complexity index is 520. The van der Waals surface area contributed by atoms with Crippen LogP contribution >= 0.6 is 27.7 Å². The molecule has 0 bridgehead atoms. The highest BCUT2D eigenvalue weighted by Crippen LogP contribution is 2.47. The van der Waals surface area contributed by atoms with Gasteiger partial charge in [0.1, 0.15) is 0 Å². The molecule has 3 unspecified atom stereocenters. The van der Waals surface area contributed by atoms with Crippen molar-refractivity contribution in [2.24, 2.45) is 17.3 Å². The fourth-order valence-corrected chi connectivity index (χ4v) is 5.03. The van der Waals surface area contributed by atoms with Gasteiger partial charge in [0, 0.05) is 14.6 Å². The highest BCUT2D eigenvalue weighted by molar-refractivity contribution is 9.10.